The highest BCUT2D eigenvalue weighted by atomic mass is 32.2. The predicted molar refractivity (Wildman–Crippen MR) is 67.7 cm³/mol. The van der Waals surface area contributed by atoms with Crippen LogP contribution in [0.15, 0.2) is 6.07 Å². The summed E-state index contributed by atoms with van der Waals surface area (Å²) in [5.74, 6) is 3.02. The fraction of sp³-hybridized carbons (Fsp3) is 0.556. The van der Waals surface area contributed by atoms with E-state index in [1.54, 1.807) is 0 Å². The third kappa shape index (κ3) is 4.81. The quantitative estimate of drug-likeness (QED) is 0.522. The molecule has 1 heterocycles. The average Bonchev–Trinajstić information content (AvgIpc) is 2.37. The van der Waals surface area contributed by atoms with Gasteiger partial charge in [-0.05, 0) is 0 Å². The second-order valence-electron chi connectivity index (χ2n) is 3.77. The predicted octanol–water partition coefficient (Wildman–Crippen LogP) is 0.628. The number of aromatic nitrogens is 2. The average molecular weight is 313 g/mol. The number of hydrazine groups is 1. The number of nitrogens with one attached hydrogen (secondary N) is 2. The molecule has 0 aliphatic carbocycles. The molecule has 0 atom stereocenters. The minimum absolute atomic E-state index is 0.0398. The van der Waals surface area contributed by atoms with Crippen LogP contribution in [0.5, 0.6) is 0 Å². The van der Waals surface area contributed by atoms with Gasteiger partial charge in [0.2, 0.25) is 5.82 Å². The Labute approximate surface area is 113 Å². The summed E-state index contributed by atoms with van der Waals surface area (Å²) in [6, 6.07) is 1.15. The number of hydrogen-bond acceptors (Lipinski definition) is 7. The fourth-order valence-electron chi connectivity index (χ4n) is 1.22. The maximum Gasteiger partial charge on any atom is 0.451 e. The lowest BCUT2D eigenvalue weighted by Crippen LogP contribution is -2.20. The van der Waals surface area contributed by atoms with Crippen molar-refractivity contribution in [3.05, 3.63) is 11.9 Å². The van der Waals surface area contributed by atoms with E-state index in [1.807, 2.05) is 5.43 Å². The van der Waals surface area contributed by atoms with E-state index < -0.39 is 21.8 Å². The molecule has 20 heavy (non-hydrogen) atoms. The third-order valence-electron chi connectivity index (χ3n) is 2.29. The van der Waals surface area contributed by atoms with Gasteiger partial charge in [0, 0.05) is 18.4 Å². The van der Waals surface area contributed by atoms with Crippen LogP contribution < -0.4 is 16.6 Å². The van der Waals surface area contributed by atoms with E-state index in [-0.39, 0.29) is 29.7 Å². The van der Waals surface area contributed by atoms with Crippen LogP contribution in [0.3, 0.4) is 0 Å². The van der Waals surface area contributed by atoms with Crippen LogP contribution in [0.2, 0.25) is 0 Å². The van der Waals surface area contributed by atoms with Gasteiger partial charge in [-0.15, -0.1) is 0 Å². The first kappa shape index (κ1) is 16.4. The number of rotatable bonds is 6. The van der Waals surface area contributed by atoms with Gasteiger partial charge in [0.15, 0.2) is 9.84 Å². The molecule has 114 valence electrons. The molecule has 0 spiro atoms. The highest BCUT2D eigenvalue weighted by Crippen LogP contribution is 2.28. The fourth-order valence-corrected chi connectivity index (χ4v) is 1.92. The molecule has 7 nitrogen and oxygen atoms in total. The second-order valence-corrected chi connectivity index (χ2v) is 6.24. The molecule has 0 amide bonds. The zero-order chi connectivity index (χ0) is 15.4. The van der Waals surface area contributed by atoms with Crippen LogP contribution >= 0.6 is 0 Å². The van der Waals surface area contributed by atoms with Crippen LogP contribution in [0.1, 0.15) is 12.7 Å². The van der Waals surface area contributed by atoms with Crippen LogP contribution in [-0.4, -0.2) is 36.4 Å². The Morgan fingerprint density at radius 2 is 1.90 bits per heavy atom. The monoisotopic (exact) mass is 313 g/mol. The van der Waals surface area contributed by atoms with Gasteiger partial charge in [-0.3, -0.25) is 0 Å². The summed E-state index contributed by atoms with van der Waals surface area (Å²) in [7, 11) is -3.21. The van der Waals surface area contributed by atoms with E-state index in [0.29, 0.717) is 0 Å². The molecule has 0 saturated carbocycles. The van der Waals surface area contributed by atoms with Gasteiger partial charge < -0.3 is 10.7 Å². The van der Waals surface area contributed by atoms with Gasteiger partial charge in [-0.2, -0.15) is 13.2 Å². The lowest BCUT2D eigenvalue weighted by Gasteiger charge is -2.11. The molecule has 11 heteroatoms. The Kier molecular flexibility index (Phi) is 5.11. The maximum absolute atomic E-state index is 12.5. The summed E-state index contributed by atoms with van der Waals surface area (Å²) in [4.78, 5) is 6.43. The first-order chi connectivity index (χ1) is 9.18. The summed E-state index contributed by atoms with van der Waals surface area (Å²) in [5, 5.41) is 2.50. The number of anilines is 2. The Hall–Kier alpha value is -1.62. The number of alkyl halides is 3. The van der Waals surface area contributed by atoms with E-state index >= 15 is 0 Å². The van der Waals surface area contributed by atoms with Gasteiger partial charge in [-0.25, -0.2) is 24.2 Å². The summed E-state index contributed by atoms with van der Waals surface area (Å²) >= 11 is 0. The minimum Gasteiger partial charge on any atom is -0.369 e. The first-order valence-electron chi connectivity index (χ1n) is 5.55. The van der Waals surface area contributed by atoms with Crippen LogP contribution in [0.25, 0.3) is 0 Å². The molecule has 0 aliphatic rings. The van der Waals surface area contributed by atoms with E-state index in [9.17, 15) is 21.6 Å². The van der Waals surface area contributed by atoms with Gasteiger partial charge in [0.25, 0.3) is 0 Å². The highest BCUT2D eigenvalue weighted by Gasteiger charge is 2.35. The Morgan fingerprint density at radius 3 is 2.40 bits per heavy atom. The van der Waals surface area contributed by atoms with Crippen molar-refractivity contribution in [2.45, 2.75) is 13.1 Å². The second kappa shape index (κ2) is 6.22. The third-order valence-corrected chi connectivity index (χ3v) is 3.99. The van der Waals surface area contributed by atoms with Crippen molar-refractivity contribution in [1.82, 2.24) is 9.97 Å². The normalized spacial score (nSPS) is 12.2. The number of nitrogens with two attached hydrogens (primary N) is 1. The number of hydrogen-bond donors (Lipinski definition) is 3. The van der Waals surface area contributed by atoms with Gasteiger partial charge in [0.05, 0.1) is 5.75 Å². The van der Waals surface area contributed by atoms with Crippen LogP contribution in [0, 0.1) is 0 Å². The Balaban J connectivity index is 2.85. The molecule has 0 aliphatic heterocycles. The standard InChI is InChI=1S/C9H14F3N5O2S/c1-2-20(18,19)4-3-14-6-5-7(17-13)16-8(15-6)9(10,11)12/h5H,2-4,13H2,1H3,(H2,14,15,16,17). The minimum atomic E-state index is -4.72. The molecule has 1 rings (SSSR count). The van der Waals surface area contributed by atoms with Gasteiger partial charge in [0.1, 0.15) is 11.6 Å². The van der Waals surface area contributed by atoms with Crippen molar-refractivity contribution in [3.63, 3.8) is 0 Å². The summed E-state index contributed by atoms with van der Waals surface area (Å²) < 4.78 is 60.1. The zero-order valence-corrected chi connectivity index (χ0v) is 11.3. The molecule has 0 fully saturated rings. The molecule has 0 saturated heterocycles. The number of nitrogens with zero attached hydrogens (tertiary/aromatic N) is 2. The molecule has 4 N–H and O–H groups in total. The Bertz CT molecular complexity index is 561. The summed E-state index contributed by atoms with van der Waals surface area (Å²) in [6.45, 7) is 1.42. The van der Waals surface area contributed by atoms with E-state index in [0.717, 1.165) is 6.07 Å². The van der Waals surface area contributed by atoms with Gasteiger partial charge >= 0.3 is 6.18 Å². The molecule has 0 aromatic carbocycles. The molecule has 1 aromatic heterocycles. The Morgan fingerprint density at radius 1 is 1.30 bits per heavy atom. The zero-order valence-electron chi connectivity index (χ0n) is 10.5. The maximum atomic E-state index is 12.5. The van der Waals surface area contributed by atoms with E-state index in [1.165, 1.54) is 6.92 Å². The number of nitrogen functional groups attached to an aromatic ring is 1. The van der Waals surface area contributed by atoms with E-state index in [4.69, 9.17) is 5.84 Å². The SMILES string of the molecule is CCS(=O)(=O)CCNc1cc(NN)nc(C(F)(F)F)n1. The van der Waals surface area contributed by atoms with Crippen LogP contribution in [0.4, 0.5) is 24.8 Å². The van der Waals surface area contributed by atoms with Crippen molar-refractivity contribution in [1.29, 1.82) is 0 Å². The first-order valence-corrected chi connectivity index (χ1v) is 7.37. The molecule has 1 aromatic rings. The lowest BCUT2D eigenvalue weighted by atomic mass is 10.4. The number of sulfone groups is 1. The van der Waals surface area contributed by atoms with E-state index in [2.05, 4.69) is 15.3 Å². The summed E-state index contributed by atoms with van der Waals surface area (Å²) in [5.41, 5.74) is 1.99. The molecule has 0 radical (unpaired) electrons. The van der Waals surface area contributed by atoms with Crippen molar-refractivity contribution >= 4 is 21.5 Å². The lowest BCUT2D eigenvalue weighted by molar-refractivity contribution is -0.144. The van der Waals surface area contributed by atoms with Crippen LogP contribution in [-0.2, 0) is 16.0 Å². The number of halogens is 3. The molecular formula is C9H14F3N5O2S. The molecular weight excluding hydrogens is 299 g/mol. The van der Waals surface area contributed by atoms with Crippen molar-refractivity contribution in [2.75, 3.05) is 28.8 Å². The smallest absolute Gasteiger partial charge is 0.369 e. The van der Waals surface area contributed by atoms with Crippen molar-refractivity contribution < 1.29 is 21.6 Å². The topological polar surface area (TPSA) is 110 Å². The largest absolute Gasteiger partial charge is 0.451 e. The highest BCUT2D eigenvalue weighted by molar-refractivity contribution is 7.91. The van der Waals surface area contributed by atoms with Crippen molar-refractivity contribution in [3.8, 4) is 0 Å². The molecule has 0 unspecified atom stereocenters. The van der Waals surface area contributed by atoms with Crippen molar-refractivity contribution in [2.24, 2.45) is 5.84 Å². The summed E-state index contributed by atoms with van der Waals surface area (Å²) in [6.07, 6.45) is -4.72. The molecule has 0 bridgehead atoms. The van der Waals surface area contributed by atoms with Gasteiger partial charge in [-0.1, -0.05) is 6.92 Å².